The van der Waals surface area contributed by atoms with Crippen LogP contribution < -0.4 is 5.46 Å². The zero-order valence-electron chi connectivity index (χ0n) is 11.7. The van der Waals surface area contributed by atoms with E-state index in [1.807, 2.05) is 27.7 Å². The van der Waals surface area contributed by atoms with E-state index < -0.39 is 18.3 Å². The van der Waals surface area contributed by atoms with E-state index in [2.05, 4.69) is 0 Å². The highest BCUT2D eigenvalue weighted by Crippen LogP contribution is 2.38. The van der Waals surface area contributed by atoms with Gasteiger partial charge in [-0.15, -0.1) is 11.8 Å². The molecule has 0 aliphatic carbocycles. The first-order valence-corrected chi connectivity index (χ1v) is 7.67. The molecule has 19 heavy (non-hydrogen) atoms. The molecule has 0 unspecified atom stereocenters. The lowest BCUT2D eigenvalue weighted by Crippen LogP contribution is -2.41. The second-order valence-corrected chi connectivity index (χ2v) is 6.77. The van der Waals surface area contributed by atoms with Gasteiger partial charge in [0.25, 0.3) is 0 Å². The van der Waals surface area contributed by atoms with Crippen LogP contribution >= 0.6 is 23.4 Å². The van der Waals surface area contributed by atoms with E-state index in [-0.39, 0.29) is 5.82 Å². The predicted molar refractivity (Wildman–Crippen MR) is 78.9 cm³/mol. The smallest absolute Gasteiger partial charge is 0.399 e. The third-order valence-electron chi connectivity index (χ3n) is 3.79. The van der Waals surface area contributed by atoms with Crippen LogP contribution in [0.1, 0.15) is 27.7 Å². The Bertz CT molecular complexity index is 492. The van der Waals surface area contributed by atoms with Crippen molar-refractivity contribution in [3.8, 4) is 0 Å². The minimum absolute atomic E-state index is 0.322. The Hall–Kier alpha value is -0.225. The number of rotatable bonds is 2. The molecule has 1 aliphatic heterocycles. The molecule has 0 atom stereocenters. The molecule has 0 spiro atoms. The van der Waals surface area contributed by atoms with Crippen molar-refractivity contribution in [2.75, 3.05) is 6.26 Å². The zero-order chi connectivity index (χ0) is 14.4. The molecule has 0 bridgehead atoms. The molecular formula is C13H17BClFO2S. The molecule has 2 nitrogen and oxygen atoms in total. The predicted octanol–water partition coefficient (Wildman–Crippen LogP) is 3.50. The summed E-state index contributed by atoms with van der Waals surface area (Å²) in [4.78, 5) is 0.425. The van der Waals surface area contributed by atoms with Gasteiger partial charge in [0, 0.05) is 5.46 Å². The third kappa shape index (κ3) is 2.53. The van der Waals surface area contributed by atoms with E-state index in [0.29, 0.717) is 15.4 Å². The molecule has 0 amide bonds. The van der Waals surface area contributed by atoms with Crippen LogP contribution in [0, 0.1) is 5.82 Å². The fourth-order valence-electron chi connectivity index (χ4n) is 1.89. The van der Waals surface area contributed by atoms with Gasteiger partial charge in [0.05, 0.1) is 21.1 Å². The maximum absolute atomic E-state index is 13.6. The molecule has 1 saturated heterocycles. The van der Waals surface area contributed by atoms with Gasteiger partial charge in [-0.05, 0) is 40.0 Å². The van der Waals surface area contributed by atoms with Gasteiger partial charge in [0.1, 0.15) is 5.82 Å². The van der Waals surface area contributed by atoms with Crippen LogP contribution in [0.3, 0.4) is 0 Å². The van der Waals surface area contributed by atoms with Crippen molar-refractivity contribution in [2.45, 2.75) is 43.8 Å². The fourth-order valence-corrected chi connectivity index (χ4v) is 2.92. The lowest BCUT2D eigenvalue weighted by atomic mass is 9.79. The maximum Gasteiger partial charge on any atom is 0.496 e. The van der Waals surface area contributed by atoms with Gasteiger partial charge in [-0.2, -0.15) is 0 Å². The molecule has 6 heteroatoms. The van der Waals surface area contributed by atoms with Crippen LogP contribution in [0.5, 0.6) is 0 Å². The zero-order valence-corrected chi connectivity index (χ0v) is 13.3. The number of thioether (sulfide) groups is 1. The van der Waals surface area contributed by atoms with E-state index in [0.717, 1.165) is 0 Å². The molecule has 104 valence electrons. The van der Waals surface area contributed by atoms with Crippen LogP contribution in [0.25, 0.3) is 0 Å². The second-order valence-electron chi connectivity index (χ2n) is 5.57. The minimum Gasteiger partial charge on any atom is -0.399 e. The first-order valence-electron chi connectivity index (χ1n) is 6.07. The SMILES string of the molecule is CSc1c(F)ccc(B2OC(C)(C)C(C)(C)O2)c1Cl. The van der Waals surface area contributed by atoms with Crippen molar-refractivity contribution in [1.29, 1.82) is 0 Å². The van der Waals surface area contributed by atoms with Gasteiger partial charge in [-0.25, -0.2) is 4.39 Å². The van der Waals surface area contributed by atoms with Gasteiger partial charge < -0.3 is 9.31 Å². The second kappa shape index (κ2) is 4.95. The average molecular weight is 303 g/mol. The van der Waals surface area contributed by atoms with Gasteiger partial charge in [-0.3, -0.25) is 0 Å². The van der Waals surface area contributed by atoms with E-state index in [4.69, 9.17) is 20.9 Å². The summed E-state index contributed by atoms with van der Waals surface area (Å²) in [6.07, 6.45) is 1.79. The van der Waals surface area contributed by atoms with Crippen molar-refractivity contribution >= 4 is 35.9 Å². The van der Waals surface area contributed by atoms with Crippen molar-refractivity contribution in [2.24, 2.45) is 0 Å². The summed E-state index contributed by atoms with van der Waals surface area (Å²) in [5.41, 5.74) is -0.199. The van der Waals surface area contributed by atoms with Crippen LogP contribution in [0.4, 0.5) is 4.39 Å². The molecule has 1 fully saturated rings. The Labute approximate surface area is 123 Å². The van der Waals surface area contributed by atoms with Gasteiger partial charge in [-0.1, -0.05) is 17.7 Å². The Morgan fingerprint density at radius 1 is 1.16 bits per heavy atom. The quantitative estimate of drug-likeness (QED) is 0.615. The van der Waals surface area contributed by atoms with Crippen molar-refractivity contribution in [3.63, 3.8) is 0 Å². The van der Waals surface area contributed by atoms with Crippen molar-refractivity contribution < 1.29 is 13.7 Å². The largest absolute Gasteiger partial charge is 0.496 e. The molecule has 1 aliphatic rings. The molecular weight excluding hydrogens is 285 g/mol. The lowest BCUT2D eigenvalue weighted by molar-refractivity contribution is 0.00578. The number of hydrogen-bond acceptors (Lipinski definition) is 3. The monoisotopic (exact) mass is 302 g/mol. The first kappa shape index (κ1) is 15.2. The Kier molecular flexibility index (Phi) is 3.96. The standard InChI is InChI=1S/C13H17BClFO2S/c1-12(2)13(3,4)18-14(17-12)8-6-7-9(16)11(19-5)10(8)15/h6-7H,1-5H3. The van der Waals surface area contributed by atoms with Gasteiger partial charge >= 0.3 is 7.12 Å². The van der Waals surface area contributed by atoms with E-state index in [1.165, 1.54) is 17.8 Å². The lowest BCUT2D eigenvalue weighted by Gasteiger charge is -2.32. The molecule has 2 rings (SSSR count). The summed E-state index contributed by atoms with van der Waals surface area (Å²) >= 11 is 7.54. The van der Waals surface area contributed by atoms with E-state index >= 15 is 0 Å². The Balaban J connectivity index is 2.40. The average Bonchev–Trinajstić information content (AvgIpc) is 2.48. The van der Waals surface area contributed by atoms with Crippen LogP contribution in [0.15, 0.2) is 17.0 Å². The molecule has 1 aromatic carbocycles. The summed E-state index contributed by atoms with van der Waals surface area (Å²) in [5, 5.41) is 0.367. The molecule has 0 N–H and O–H groups in total. The Morgan fingerprint density at radius 3 is 2.16 bits per heavy atom. The van der Waals surface area contributed by atoms with Gasteiger partial charge in [0.15, 0.2) is 0 Å². The summed E-state index contributed by atoms with van der Waals surface area (Å²) in [5.74, 6) is -0.322. The Morgan fingerprint density at radius 2 is 1.68 bits per heavy atom. The molecule has 0 radical (unpaired) electrons. The third-order valence-corrected chi connectivity index (χ3v) is 5.12. The molecule has 0 saturated carbocycles. The normalized spacial score (nSPS) is 20.9. The number of hydrogen-bond donors (Lipinski definition) is 0. The van der Waals surface area contributed by atoms with Crippen molar-refractivity contribution in [1.82, 2.24) is 0 Å². The van der Waals surface area contributed by atoms with E-state index in [9.17, 15) is 4.39 Å². The first-order chi connectivity index (χ1) is 8.69. The maximum atomic E-state index is 13.6. The summed E-state index contributed by atoms with van der Waals surface area (Å²) in [6, 6.07) is 3.03. The molecule has 1 aromatic rings. The highest BCUT2D eigenvalue weighted by molar-refractivity contribution is 7.98. The highest BCUT2D eigenvalue weighted by atomic mass is 35.5. The van der Waals surface area contributed by atoms with E-state index in [1.54, 1.807) is 12.3 Å². The fraction of sp³-hybridized carbons (Fsp3) is 0.538. The molecule has 0 aromatic heterocycles. The van der Waals surface area contributed by atoms with Crippen LogP contribution in [-0.2, 0) is 9.31 Å². The topological polar surface area (TPSA) is 18.5 Å². The molecule has 1 heterocycles. The van der Waals surface area contributed by atoms with Crippen LogP contribution in [0.2, 0.25) is 5.02 Å². The van der Waals surface area contributed by atoms with Crippen LogP contribution in [-0.4, -0.2) is 24.6 Å². The number of halogens is 2. The van der Waals surface area contributed by atoms with Gasteiger partial charge in [0.2, 0.25) is 0 Å². The highest BCUT2D eigenvalue weighted by Gasteiger charge is 2.52. The van der Waals surface area contributed by atoms with Crippen molar-refractivity contribution in [3.05, 3.63) is 23.0 Å². The summed E-state index contributed by atoms with van der Waals surface area (Å²) in [6.45, 7) is 7.89. The number of benzene rings is 1. The summed E-state index contributed by atoms with van der Waals surface area (Å²) in [7, 11) is -0.566. The minimum atomic E-state index is -0.566. The summed E-state index contributed by atoms with van der Waals surface area (Å²) < 4.78 is 25.5.